The summed E-state index contributed by atoms with van der Waals surface area (Å²) in [6.45, 7) is 10.6. The van der Waals surface area contributed by atoms with Gasteiger partial charge in [0.25, 0.3) is 0 Å². The molecule has 18 heavy (non-hydrogen) atoms. The normalized spacial score (nSPS) is 11.0. The highest BCUT2D eigenvalue weighted by Crippen LogP contribution is 2.14. The van der Waals surface area contributed by atoms with Gasteiger partial charge in [0.05, 0.1) is 0 Å². The Morgan fingerprint density at radius 2 is 2.06 bits per heavy atom. The van der Waals surface area contributed by atoms with E-state index in [1.54, 1.807) is 0 Å². The average molecular weight is 249 g/mol. The number of unbranched alkanes of at least 4 members (excludes halogenated alkanes) is 1. The maximum Gasteiger partial charge on any atom is 0.128 e. The first kappa shape index (κ1) is 15.0. The molecule has 0 bridgehead atoms. The zero-order chi connectivity index (χ0) is 13.5. The maximum atomic E-state index is 4.69. The lowest BCUT2D eigenvalue weighted by atomic mass is 10.2. The number of nitrogens with one attached hydrogen (secondary N) is 1. The van der Waals surface area contributed by atoms with E-state index in [0.29, 0.717) is 6.04 Å². The van der Waals surface area contributed by atoms with E-state index in [9.17, 15) is 0 Å². The number of rotatable bonds is 7. The standard InChI is InChI=1S/C15H27N3/c1-6-7-10-18(5)15-9-8-14(13(4)17-15)11-16-12(2)3/h8-9,12,16H,6-7,10-11H2,1-5H3. The highest BCUT2D eigenvalue weighted by molar-refractivity contribution is 5.40. The SMILES string of the molecule is CCCCN(C)c1ccc(CNC(C)C)c(C)n1. The summed E-state index contributed by atoms with van der Waals surface area (Å²) in [6, 6.07) is 4.83. The third-order valence-electron chi connectivity index (χ3n) is 3.12. The fraction of sp³-hybridized carbons (Fsp3) is 0.667. The van der Waals surface area contributed by atoms with Gasteiger partial charge in [-0.3, -0.25) is 0 Å². The highest BCUT2D eigenvalue weighted by Gasteiger charge is 2.06. The minimum atomic E-state index is 0.510. The summed E-state index contributed by atoms with van der Waals surface area (Å²) < 4.78 is 0. The molecule has 3 heteroatoms. The van der Waals surface area contributed by atoms with Gasteiger partial charge in [0.2, 0.25) is 0 Å². The van der Waals surface area contributed by atoms with Gasteiger partial charge in [0.1, 0.15) is 5.82 Å². The van der Waals surface area contributed by atoms with Crippen LogP contribution < -0.4 is 10.2 Å². The molecule has 102 valence electrons. The van der Waals surface area contributed by atoms with Crippen molar-refractivity contribution in [3.05, 3.63) is 23.4 Å². The molecule has 0 aliphatic rings. The van der Waals surface area contributed by atoms with E-state index >= 15 is 0 Å². The van der Waals surface area contributed by atoms with Crippen LogP contribution in [0.2, 0.25) is 0 Å². The minimum absolute atomic E-state index is 0.510. The number of anilines is 1. The Kier molecular flexibility index (Phi) is 6.13. The molecule has 0 saturated heterocycles. The van der Waals surface area contributed by atoms with Crippen molar-refractivity contribution < 1.29 is 0 Å². The molecule has 0 saturated carbocycles. The van der Waals surface area contributed by atoms with Crippen molar-refractivity contribution in [2.24, 2.45) is 0 Å². The second kappa shape index (κ2) is 7.37. The number of hydrogen-bond donors (Lipinski definition) is 1. The lowest BCUT2D eigenvalue weighted by Gasteiger charge is -2.19. The molecule has 0 radical (unpaired) electrons. The maximum absolute atomic E-state index is 4.69. The number of hydrogen-bond acceptors (Lipinski definition) is 3. The van der Waals surface area contributed by atoms with Gasteiger partial charge in [-0.05, 0) is 25.0 Å². The smallest absolute Gasteiger partial charge is 0.128 e. The summed E-state index contributed by atoms with van der Waals surface area (Å²) in [6.07, 6.45) is 2.44. The number of nitrogens with zero attached hydrogens (tertiary/aromatic N) is 2. The third kappa shape index (κ3) is 4.65. The van der Waals surface area contributed by atoms with E-state index in [-0.39, 0.29) is 0 Å². The molecule has 1 rings (SSSR count). The van der Waals surface area contributed by atoms with Crippen LogP contribution >= 0.6 is 0 Å². The predicted octanol–water partition coefficient (Wildman–Crippen LogP) is 3.12. The Morgan fingerprint density at radius 1 is 1.33 bits per heavy atom. The Labute approximate surface area is 112 Å². The molecule has 1 aromatic heterocycles. The number of pyridine rings is 1. The van der Waals surface area contributed by atoms with Crippen molar-refractivity contribution in [2.45, 2.75) is 53.1 Å². The van der Waals surface area contributed by atoms with Gasteiger partial charge >= 0.3 is 0 Å². The van der Waals surface area contributed by atoms with Crippen LogP contribution in [-0.2, 0) is 6.54 Å². The predicted molar refractivity (Wildman–Crippen MR) is 79.1 cm³/mol. The van der Waals surface area contributed by atoms with Crippen LogP contribution in [0.15, 0.2) is 12.1 Å². The van der Waals surface area contributed by atoms with E-state index < -0.39 is 0 Å². The lowest BCUT2D eigenvalue weighted by Crippen LogP contribution is -2.23. The fourth-order valence-electron chi connectivity index (χ4n) is 1.80. The van der Waals surface area contributed by atoms with Crippen molar-refractivity contribution in [1.29, 1.82) is 0 Å². The molecule has 0 atom stereocenters. The van der Waals surface area contributed by atoms with Crippen molar-refractivity contribution >= 4 is 5.82 Å². The van der Waals surface area contributed by atoms with Gasteiger partial charge in [-0.1, -0.05) is 33.3 Å². The van der Waals surface area contributed by atoms with Crippen molar-refractivity contribution in [3.63, 3.8) is 0 Å². The van der Waals surface area contributed by atoms with Crippen molar-refractivity contribution in [1.82, 2.24) is 10.3 Å². The quantitative estimate of drug-likeness (QED) is 0.804. The van der Waals surface area contributed by atoms with Gasteiger partial charge < -0.3 is 10.2 Å². The molecule has 0 spiro atoms. The molecular formula is C15H27N3. The van der Waals surface area contributed by atoms with E-state index in [1.807, 2.05) is 0 Å². The van der Waals surface area contributed by atoms with E-state index in [0.717, 1.165) is 24.6 Å². The molecule has 1 aromatic rings. The second-order valence-corrected chi connectivity index (χ2v) is 5.22. The summed E-state index contributed by atoms with van der Waals surface area (Å²) in [5.41, 5.74) is 2.42. The van der Waals surface area contributed by atoms with E-state index in [1.165, 1.54) is 18.4 Å². The minimum Gasteiger partial charge on any atom is -0.360 e. The largest absolute Gasteiger partial charge is 0.360 e. The van der Waals surface area contributed by atoms with Gasteiger partial charge in [-0.15, -0.1) is 0 Å². The second-order valence-electron chi connectivity index (χ2n) is 5.22. The highest BCUT2D eigenvalue weighted by atomic mass is 15.2. The fourth-order valence-corrected chi connectivity index (χ4v) is 1.80. The monoisotopic (exact) mass is 249 g/mol. The van der Waals surface area contributed by atoms with Gasteiger partial charge in [-0.25, -0.2) is 4.98 Å². The topological polar surface area (TPSA) is 28.2 Å². The van der Waals surface area contributed by atoms with Gasteiger partial charge in [0, 0.05) is 31.9 Å². The third-order valence-corrected chi connectivity index (χ3v) is 3.12. The summed E-state index contributed by atoms with van der Waals surface area (Å²) >= 11 is 0. The molecule has 0 aliphatic carbocycles. The van der Waals surface area contributed by atoms with Crippen LogP contribution in [0.1, 0.15) is 44.9 Å². The molecular weight excluding hydrogens is 222 g/mol. The summed E-state index contributed by atoms with van der Waals surface area (Å²) in [5, 5.41) is 3.43. The molecule has 1 heterocycles. The number of aromatic nitrogens is 1. The Bertz CT molecular complexity index is 361. The Balaban J connectivity index is 2.66. The average Bonchev–Trinajstić information content (AvgIpc) is 2.34. The van der Waals surface area contributed by atoms with Crippen LogP contribution in [0.25, 0.3) is 0 Å². The Hall–Kier alpha value is -1.09. The molecule has 1 N–H and O–H groups in total. The first-order chi connectivity index (χ1) is 8.54. The molecule has 0 amide bonds. The molecule has 0 aliphatic heterocycles. The molecule has 0 aromatic carbocycles. The van der Waals surface area contributed by atoms with Crippen LogP contribution in [0.5, 0.6) is 0 Å². The van der Waals surface area contributed by atoms with Crippen LogP contribution in [0.3, 0.4) is 0 Å². The summed E-state index contributed by atoms with van der Waals surface area (Å²) in [4.78, 5) is 6.92. The van der Waals surface area contributed by atoms with Crippen LogP contribution in [-0.4, -0.2) is 24.6 Å². The first-order valence-electron chi connectivity index (χ1n) is 6.95. The van der Waals surface area contributed by atoms with Crippen molar-refractivity contribution in [3.8, 4) is 0 Å². The molecule has 0 unspecified atom stereocenters. The lowest BCUT2D eigenvalue weighted by molar-refractivity contribution is 0.586. The summed E-state index contributed by atoms with van der Waals surface area (Å²) in [7, 11) is 2.11. The van der Waals surface area contributed by atoms with Gasteiger partial charge in [-0.2, -0.15) is 0 Å². The van der Waals surface area contributed by atoms with Crippen LogP contribution in [0, 0.1) is 6.92 Å². The number of aryl methyl sites for hydroxylation is 1. The zero-order valence-corrected chi connectivity index (χ0v) is 12.5. The van der Waals surface area contributed by atoms with E-state index in [2.05, 4.69) is 62.1 Å². The zero-order valence-electron chi connectivity index (χ0n) is 12.5. The van der Waals surface area contributed by atoms with Crippen molar-refractivity contribution in [2.75, 3.05) is 18.5 Å². The van der Waals surface area contributed by atoms with Crippen LogP contribution in [0.4, 0.5) is 5.82 Å². The molecule has 3 nitrogen and oxygen atoms in total. The van der Waals surface area contributed by atoms with E-state index in [4.69, 9.17) is 0 Å². The van der Waals surface area contributed by atoms with Gasteiger partial charge in [0.15, 0.2) is 0 Å². The Morgan fingerprint density at radius 3 is 2.61 bits per heavy atom. The summed E-state index contributed by atoms with van der Waals surface area (Å²) in [5.74, 6) is 1.08. The molecule has 0 fully saturated rings. The first-order valence-corrected chi connectivity index (χ1v) is 6.95.